The lowest BCUT2D eigenvalue weighted by atomic mass is 9.97. The Morgan fingerprint density at radius 3 is 2.22 bits per heavy atom. The second-order valence-electron chi connectivity index (χ2n) is 3.67. The van der Waals surface area contributed by atoms with Crippen LogP contribution in [0.3, 0.4) is 0 Å². The van der Waals surface area contributed by atoms with Crippen LogP contribution < -0.4 is 0 Å². The molecule has 0 atom stereocenters. The van der Waals surface area contributed by atoms with Crippen molar-refractivity contribution in [1.29, 1.82) is 0 Å². The zero-order valence-electron chi connectivity index (χ0n) is 10.8. The third kappa shape index (κ3) is 3.29. The molecule has 0 fully saturated rings. The Balaban J connectivity index is 3.08. The van der Waals surface area contributed by atoms with Gasteiger partial charge in [0, 0.05) is 12.4 Å². The summed E-state index contributed by atoms with van der Waals surface area (Å²) in [5, 5.41) is 0. The van der Waals surface area contributed by atoms with Crippen LogP contribution in [0.4, 0.5) is 0 Å². The fourth-order valence-corrected chi connectivity index (χ4v) is 1.58. The molecule has 5 nitrogen and oxygen atoms in total. The van der Waals surface area contributed by atoms with E-state index in [0.29, 0.717) is 5.56 Å². The van der Waals surface area contributed by atoms with Gasteiger partial charge in [0.15, 0.2) is 5.92 Å². The van der Waals surface area contributed by atoms with Gasteiger partial charge in [-0.2, -0.15) is 0 Å². The lowest BCUT2D eigenvalue weighted by molar-refractivity contribution is -0.157. The maximum absolute atomic E-state index is 11.9. The molecule has 98 valence electrons. The molecule has 0 aromatic carbocycles. The summed E-state index contributed by atoms with van der Waals surface area (Å²) in [6, 6.07) is 1.74. The molecule has 0 saturated heterocycles. The molecular weight excluding hydrogens is 234 g/mol. The van der Waals surface area contributed by atoms with E-state index in [0.717, 1.165) is 5.56 Å². The Morgan fingerprint density at radius 2 is 1.78 bits per heavy atom. The SMILES string of the molecule is CCOC(=O)C(C(=O)OCC)c1cnccc1C. The van der Waals surface area contributed by atoms with Crippen molar-refractivity contribution in [2.24, 2.45) is 0 Å². The van der Waals surface area contributed by atoms with E-state index < -0.39 is 17.9 Å². The zero-order chi connectivity index (χ0) is 13.5. The van der Waals surface area contributed by atoms with E-state index in [1.165, 1.54) is 6.20 Å². The molecule has 0 aliphatic rings. The first-order chi connectivity index (χ1) is 8.61. The summed E-state index contributed by atoms with van der Waals surface area (Å²) in [6.45, 7) is 5.62. The van der Waals surface area contributed by atoms with Gasteiger partial charge in [-0.3, -0.25) is 14.6 Å². The summed E-state index contributed by atoms with van der Waals surface area (Å²) in [4.78, 5) is 27.7. The molecule has 18 heavy (non-hydrogen) atoms. The van der Waals surface area contributed by atoms with Crippen molar-refractivity contribution in [2.75, 3.05) is 13.2 Å². The average Bonchev–Trinajstić information content (AvgIpc) is 2.33. The van der Waals surface area contributed by atoms with Gasteiger partial charge in [0.1, 0.15) is 0 Å². The second kappa shape index (κ2) is 6.74. The number of aromatic nitrogens is 1. The van der Waals surface area contributed by atoms with E-state index in [4.69, 9.17) is 9.47 Å². The van der Waals surface area contributed by atoms with Gasteiger partial charge >= 0.3 is 11.9 Å². The lowest BCUT2D eigenvalue weighted by Crippen LogP contribution is -2.27. The molecular formula is C13H17NO4. The number of hydrogen-bond acceptors (Lipinski definition) is 5. The van der Waals surface area contributed by atoms with Gasteiger partial charge in [0.2, 0.25) is 0 Å². The molecule has 5 heteroatoms. The second-order valence-corrected chi connectivity index (χ2v) is 3.67. The molecule has 1 aromatic heterocycles. The summed E-state index contributed by atoms with van der Waals surface area (Å²) in [7, 11) is 0. The van der Waals surface area contributed by atoms with Gasteiger partial charge in [-0.1, -0.05) is 0 Å². The molecule has 0 N–H and O–H groups in total. The van der Waals surface area contributed by atoms with E-state index in [2.05, 4.69) is 4.98 Å². The smallest absolute Gasteiger partial charge is 0.324 e. The van der Waals surface area contributed by atoms with Crippen LogP contribution in [0.5, 0.6) is 0 Å². The van der Waals surface area contributed by atoms with Crippen LogP contribution in [-0.2, 0) is 19.1 Å². The minimum absolute atomic E-state index is 0.216. The fraction of sp³-hybridized carbons (Fsp3) is 0.462. The number of ether oxygens (including phenoxy) is 2. The maximum Gasteiger partial charge on any atom is 0.324 e. The lowest BCUT2D eigenvalue weighted by Gasteiger charge is -2.15. The first-order valence-electron chi connectivity index (χ1n) is 5.85. The third-order valence-corrected chi connectivity index (χ3v) is 2.44. The normalized spacial score (nSPS) is 10.2. The minimum atomic E-state index is -1.06. The maximum atomic E-state index is 11.9. The van der Waals surface area contributed by atoms with Crippen molar-refractivity contribution >= 4 is 11.9 Å². The van der Waals surface area contributed by atoms with Crippen molar-refractivity contribution in [3.05, 3.63) is 29.6 Å². The monoisotopic (exact) mass is 251 g/mol. The van der Waals surface area contributed by atoms with Crippen molar-refractivity contribution in [2.45, 2.75) is 26.7 Å². The van der Waals surface area contributed by atoms with Crippen LogP contribution in [0.1, 0.15) is 30.9 Å². The minimum Gasteiger partial charge on any atom is -0.465 e. The standard InChI is InChI=1S/C13H17NO4/c1-4-17-12(15)11(13(16)18-5-2)10-8-14-7-6-9(10)3/h6-8,11H,4-5H2,1-3H3. The van der Waals surface area contributed by atoms with Crippen LogP contribution in [0.15, 0.2) is 18.5 Å². The number of pyridine rings is 1. The van der Waals surface area contributed by atoms with Crippen LogP contribution in [-0.4, -0.2) is 30.1 Å². The predicted molar refractivity (Wildman–Crippen MR) is 65.0 cm³/mol. The molecule has 1 heterocycles. The molecule has 0 saturated carbocycles. The van der Waals surface area contributed by atoms with E-state index >= 15 is 0 Å². The molecule has 0 amide bonds. The quantitative estimate of drug-likeness (QED) is 0.587. The van der Waals surface area contributed by atoms with Gasteiger partial charge in [-0.15, -0.1) is 0 Å². The molecule has 0 aliphatic heterocycles. The summed E-state index contributed by atoms with van der Waals surface area (Å²) in [6.07, 6.45) is 3.10. The van der Waals surface area contributed by atoms with Crippen LogP contribution in [0.25, 0.3) is 0 Å². The Hall–Kier alpha value is -1.91. The molecule has 0 spiro atoms. The van der Waals surface area contributed by atoms with Crippen molar-refractivity contribution in [1.82, 2.24) is 4.98 Å². The van der Waals surface area contributed by atoms with Crippen LogP contribution in [0.2, 0.25) is 0 Å². The summed E-state index contributed by atoms with van der Waals surface area (Å²) in [5.74, 6) is -2.27. The Bertz CT molecular complexity index is 413. The van der Waals surface area contributed by atoms with Gasteiger partial charge in [0.05, 0.1) is 13.2 Å². The number of hydrogen-bond donors (Lipinski definition) is 0. The zero-order valence-corrected chi connectivity index (χ0v) is 10.8. The Morgan fingerprint density at radius 1 is 1.22 bits per heavy atom. The number of rotatable bonds is 5. The van der Waals surface area contributed by atoms with Crippen molar-refractivity contribution in [3.63, 3.8) is 0 Å². The Labute approximate surface area is 106 Å². The number of esters is 2. The molecule has 1 rings (SSSR count). The summed E-state index contributed by atoms with van der Waals surface area (Å²) < 4.78 is 9.83. The molecule has 0 aliphatic carbocycles. The van der Waals surface area contributed by atoms with Crippen LogP contribution >= 0.6 is 0 Å². The number of aryl methyl sites for hydroxylation is 1. The average molecular weight is 251 g/mol. The third-order valence-electron chi connectivity index (χ3n) is 2.44. The first kappa shape index (κ1) is 14.2. The predicted octanol–water partition coefficient (Wildman–Crippen LogP) is 1.60. The highest BCUT2D eigenvalue weighted by Crippen LogP contribution is 2.22. The molecule has 0 bridgehead atoms. The van der Waals surface area contributed by atoms with Crippen LogP contribution in [0, 0.1) is 6.92 Å². The first-order valence-corrected chi connectivity index (χ1v) is 5.85. The van der Waals surface area contributed by atoms with E-state index in [-0.39, 0.29) is 13.2 Å². The van der Waals surface area contributed by atoms with Crippen molar-refractivity contribution in [3.8, 4) is 0 Å². The highest BCUT2D eigenvalue weighted by Gasteiger charge is 2.32. The van der Waals surface area contributed by atoms with Crippen molar-refractivity contribution < 1.29 is 19.1 Å². The summed E-state index contributed by atoms with van der Waals surface area (Å²) >= 11 is 0. The number of nitrogens with zero attached hydrogens (tertiary/aromatic N) is 1. The largest absolute Gasteiger partial charge is 0.465 e. The number of carbonyl (C=O) groups is 2. The highest BCUT2D eigenvalue weighted by atomic mass is 16.6. The molecule has 0 radical (unpaired) electrons. The summed E-state index contributed by atoms with van der Waals surface area (Å²) in [5.41, 5.74) is 1.32. The van der Waals surface area contributed by atoms with E-state index in [1.54, 1.807) is 26.1 Å². The highest BCUT2D eigenvalue weighted by molar-refractivity contribution is 6.01. The van der Waals surface area contributed by atoms with E-state index in [1.807, 2.05) is 6.92 Å². The van der Waals surface area contributed by atoms with Gasteiger partial charge < -0.3 is 9.47 Å². The molecule has 0 unspecified atom stereocenters. The Kier molecular flexibility index (Phi) is 5.30. The number of carbonyl (C=O) groups excluding carboxylic acids is 2. The fourth-order valence-electron chi connectivity index (χ4n) is 1.58. The topological polar surface area (TPSA) is 65.5 Å². The van der Waals surface area contributed by atoms with Gasteiger partial charge in [-0.25, -0.2) is 0 Å². The van der Waals surface area contributed by atoms with Gasteiger partial charge in [-0.05, 0) is 38.0 Å². The van der Waals surface area contributed by atoms with E-state index in [9.17, 15) is 9.59 Å². The van der Waals surface area contributed by atoms with Gasteiger partial charge in [0.25, 0.3) is 0 Å². The molecule has 1 aromatic rings.